The van der Waals surface area contributed by atoms with Crippen molar-refractivity contribution in [2.75, 3.05) is 0 Å². The summed E-state index contributed by atoms with van der Waals surface area (Å²) in [4.78, 5) is 22.3. The van der Waals surface area contributed by atoms with Gasteiger partial charge in [0.05, 0.1) is 18.3 Å². The highest BCUT2D eigenvalue weighted by Crippen LogP contribution is 2.09. The lowest BCUT2D eigenvalue weighted by atomic mass is 10.1. The number of carbonyl (C=O) groups is 2. The molecule has 2 rings (SSSR count). The molecule has 0 saturated carbocycles. The molecule has 2 N–H and O–H groups in total. The van der Waals surface area contributed by atoms with Gasteiger partial charge in [-0.1, -0.05) is 11.3 Å². The first kappa shape index (κ1) is 14.6. The van der Waals surface area contributed by atoms with Crippen LogP contribution in [0.1, 0.15) is 21.6 Å². The fourth-order valence-corrected chi connectivity index (χ4v) is 1.71. The van der Waals surface area contributed by atoms with Crippen molar-refractivity contribution < 1.29 is 19.1 Å². The molecule has 0 aliphatic carbocycles. The van der Waals surface area contributed by atoms with E-state index < -0.39 is 17.7 Å². The molecule has 0 unspecified atom stereocenters. The highest BCUT2D eigenvalue weighted by molar-refractivity contribution is 5.94. The van der Waals surface area contributed by atoms with Gasteiger partial charge in [-0.2, -0.15) is 0 Å². The Kier molecular flexibility index (Phi) is 4.27. The van der Waals surface area contributed by atoms with Crippen molar-refractivity contribution in [3.8, 4) is 0 Å². The fourth-order valence-electron chi connectivity index (χ4n) is 1.71. The minimum atomic E-state index is -1.04. The maximum atomic E-state index is 13.6. The van der Waals surface area contributed by atoms with Crippen LogP contribution in [0.3, 0.4) is 0 Å². The van der Waals surface area contributed by atoms with Crippen molar-refractivity contribution in [1.82, 2.24) is 20.3 Å². The molecule has 0 aliphatic heterocycles. The molecule has 1 amide bonds. The van der Waals surface area contributed by atoms with Gasteiger partial charge >= 0.3 is 5.97 Å². The molecule has 0 bridgehead atoms. The monoisotopic (exact) mass is 292 g/mol. The van der Waals surface area contributed by atoms with Crippen LogP contribution in [0, 0.1) is 12.7 Å². The molecule has 0 fully saturated rings. The summed E-state index contributed by atoms with van der Waals surface area (Å²) in [6, 6.07) is 4.32. The largest absolute Gasteiger partial charge is 0.480 e. The lowest BCUT2D eigenvalue weighted by molar-refractivity contribution is -0.137. The maximum absolute atomic E-state index is 13.6. The molecule has 0 spiro atoms. The molecule has 1 aromatic heterocycles. The Labute approximate surface area is 119 Å². The van der Waals surface area contributed by atoms with Crippen LogP contribution in [0.5, 0.6) is 0 Å². The van der Waals surface area contributed by atoms with E-state index in [2.05, 4.69) is 15.6 Å². The first-order valence-corrected chi connectivity index (χ1v) is 6.11. The number of rotatable bonds is 5. The van der Waals surface area contributed by atoms with Crippen LogP contribution in [0.25, 0.3) is 0 Å². The number of hydrogen-bond acceptors (Lipinski definition) is 4. The van der Waals surface area contributed by atoms with E-state index in [9.17, 15) is 14.0 Å². The second-order valence-electron chi connectivity index (χ2n) is 4.47. The van der Waals surface area contributed by atoms with Crippen LogP contribution in [0.2, 0.25) is 0 Å². The maximum Gasteiger partial charge on any atom is 0.325 e. The minimum absolute atomic E-state index is 0.0335. The van der Waals surface area contributed by atoms with Crippen LogP contribution < -0.4 is 5.32 Å². The second-order valence-corrected chi connectivity index (χ2v) is 4.47. The van der Waals surface area contributed by atoms with E-state index in [0.29, 0.717) is 5.69 Å². The Balaban J connectivity index is 1.97. The number of hydrogen-bond donors (Lipinski definition) is 2. The number of nitrogens with one attached hydrogen (secondary N) is 1. The average Bonchev–Trinajstić information content (AvgIpc) is 2.82. The van der Waals surface area contributed by atoms with E-state index in [1.165, 1.54) is 18.3 Å². The summed E-state index contributed by atoms with van der Waals surface area (Å²) in [7, 11) is 0. The van der Waals surface area contributed by atoms with Gasteiger partial charge in [-0.15, -0.1) is 5.10 Å². The highest BCUT2D eigenvalue weighted by atomic mass is 19.1. The molecule has 0 saturated heterocycles. The smallest absolute Gasteiger partial charge is 0.325 e. The number of amides is 1. The number of carbonyl (C=O) groups excluding carboxylic acids is 1. The van der Waals surface area contributed by atoms with Gasteiger partial charge in [-0.05, 0) is 24.6 Å². The van der Waals surface area contributed by atoms with Crippen molar-refractivity contribution in [2.24, 2.45) is 0 Å². The highest BCUT2D eigenvalue weighted by Gasteiger charge is 2.12. The van der Waals surface area contributed by atoms with Gasteiger partial charge in [-0.3, -0.25) is 9.59 Å². The zero-order valence-electron chi connectivity index (χ0n) is 11.2. The zero-order chi connectivity index (χ0) is 15.4. The number of carboxylic acid groups (broad SMARTS) is 1. The number of aromatic nitrogens is 3. The van der Waals surface area contributed by atoms with E-state index in [4.69, 9.17) is 5.11 Å². The second kappa shape index (κ2) is 6.12. The SMILES string of the molecule is Cc1ccc(C(=O)NCc2cn(CC(=O)O)nn2)c(F)c1. The van der Waals surface area contributed by atoms with E-state index >= 15 is 0 Å². The molecule has 21 heavy (non-hydrogen) atoms. The first-order valence-electron chi connectivity index (χ1n) is 6.11. The van der Waals surface area contributed by atoms with Gasteiger partial charge in [0.1, 0.15) is 18.1 Å². The summed E-state index contributed by atoms with van der Waals surface area (Å²) in [5, 5.41) is 18.4. The third kappa shape index (κ3) is 3.85. The lowest BCUT2D eigenvalue weighted by Crippen LogP contribution is -2.24. The Morgan fingerprint density at radius 1 is 1.43 bits per heavy atom. The van der Waals surface area contributed by atoms with Gasteiger partial charge < -0.3 is 10.4 Å². The summed E-state index contributed by atoms with van der Waals surface area (Å²) in [5.41, 5.74) is 1.05. The zero-order valence-corrected chi connectivity index (χ0v) is 11.2. The molecular formula is C13H13FN4O3. The predicted octanol–water partition coefficient (Wildman–Crippen LogP) is 0.740. The van der Waals surface area contributed by atoms with Crippen molar-refractivity contribution in [2.45, 2.75) is 20.0 Å². The number of carboxylic acids is 1. The van der Waals surface area contributed by atoms with Crippen LogP contribution in [-0.4, -0.2) is 32.0 Å². The first-order chi connectivity index (χ1) is 9.95. The number of aryl methyl sites for hydroxylation is 1. The minimum Gasteiger partial charge on any atom is -0.480 e. The van der Waals surface area contributed by atoms with Crippen molar-refractivity contribution in [3.63, 3.8) is 0 Å². The Hall–Kier alpha value is -2.77. The Morgan fingerprint density at radius 3 is 2.86 bits per heavy atom. The molecular weight excluding hydrogens is 279 g/mol. The number of benzene rings is 1. The predicted molar refractivity (Wildman–Crippen MR) is 70.0 cm³/mol. The molecule has 7 nitrogen and oxygen atoms in total. The van der Waals surface area contributed by atoms with Crippen LogP contribution >= 0.6 is 0 Å². The Bertz CT molecular complexity index is 684. The normalized spacial score (nSPS) is 10.4. The van der Waals surface area contributed by atoms with Crippen LogP contribution in [-0.2, 0) is 17.9 Å². The Morgan fingerprint density at radius 2 is 2.19 bits per heavy atom. The van der Waals surface area contributed by atoms with E-state index in [-0.39, 0.29) is 18.7 Å². The van der Waals surface area contributed by atoms with E-state index in [1.807, 2.05) is 0 Å². The van der Waals surface area contributed by atoms with Gasteiger partial charge in [0.25, 0.3) is 5.91 Å². The van der Waals surface area contributed by atoms with Crippen molar-refractivity contribution in [3.05, 3.63) is 47.0 Å². The van der Waals surface area contributed by atoms with E-state index in [0.717, 1.165) is 10.2 Å². The molecule has 0 aliphatic rings. The quantitative estimate of drug-likeness (QED) is 0.847. The van der Waals surface area contributed by atoms with Crippen LogP contribution in [0.15, 0.2) is 24.4 Å². The van der Waals surface area contributed by atoms with E-state index in [1.54, 1.807) is 13.0 Å². The van der Waals surface area contributed by atoms with Gasteiger partial charge in [0.15, 0.2) is 0 Å². The third-order valence-electron chi connectivity index (χ3n) is 2.68. The summed E-state index contributed by atoms with van der Waals surface area (Å²) in [5.74, 6) is -2.21. The van der Waals surface area contributed by atoms with Gasteiger partial charge in [-0.25, -0.2) is 9.07 Å². The fraction of sp³-hybridized carbons (Fsp3) is 0.231. The molecule has 2 aromatic rings. The number of aliphatic carboxylic acids is 1. The molecule has 0 atom stereocenters. The molecule has 8 heteroatoms. The number of nitrogens with zero attached hydrogens (tertiary/aromatic N) is 3. The molecule has 1 aromatic carbocycles. The van der Waals surface area contributed by atoms with Crippen molar-refractivity contribution in [1.29, 1.82) is 0 Å². The molecule has 0 radical (unpaired) electrons. The standard InChI is InChI=1S/C13H13FN4O3/c1-8-2-3-10(11(14)4-8)13(21)15-5-9-6-18(17-16-9)7-12(19)20/h2-4,6H,5,7H2,1H3,(H,15,21)(H,19,20). The topological polar surface area (TPSA) is 97.1 Å². The molecule has 110 valence electrons. The average molecular weight is 292 g/mol. The summed E-state index contributed by atoms with van der Waals surface area (Å²) < 4.78 is 14.8. The third-order valence-corrected chi connectivity index (χ3v) is 2.68. The van der Waals surface area contributed by atoms with Gasteiger partial charge in [0.2, 0.25) is 0 Å². The molecule has 1 heterocycles. The van der Waals surface area contributed by atoms with Crippen molar-refractivity contribution >= 4 is 11.9 Å². The van der Waals surface area contributed by atoms with Gasteiger partial charge in [0, 0.05) is 0 Å². The summed E-state index contributed by atoms with van der Waals surface area (Å²) >= 11 is 0. The summed E-state index contributed by atoms with van der Waals surface area (Å²) in [6.45, 7) is 1.45. The summed E-state index contributed by atoms with van der Waals surface area (Å²) in [6.07, 6.45) is 1.40. The lowest BCUT2D eigenvalue weighted by Gasteiger charge is -2.04. The number of halogens is 1. The van der Waals surface area contributed by atoms with Crippen LogP contribution in [0.4, 0.5) is 4.39 Å².